The van der Waals surface area contributed by atoms with Crippen molar-refractivity contribution in [1.29, 1.82) is 5.26 Å². The lowest BCUT2D eigenvalue weighted by Crippen LogP contribution is -2.07. The molecule has 84 valence electrons. The predicted octanol–water partition coefficient (Wildman–Crippen LogP) is 3.95. The van der Waals surface area contributed by atoms with E-state index in [0.717, 1.165) is 11.3 Å². The summed E-state index contributed by atoms with van der Waals surface area (Å²) in [5.74, 6) is 0.688. The fraction of sp³-hybridized carbons (Fsp3) is 0.286. The Morgan fingerprint density at radius 1 is 1.35 bits per heavy atom. The van der Waals surface area contributed by atoms with Crippen molar-refractivity contribution < 1.29 is 0 Å². The van der Waals surface area contributed by atoms with E-state index in [1.807, 2.05) is 24.3 Å². The normalized spacial score (nSPS) is 15.2. The van der Waals surface area contributed by atoms with Crippen LogP contribution in [0.5, 0.6) is 0 Å². The molecule has 0 aliphatic heterocycles. The highest BCUT2D eigenvalue weighted by molar-refractivity contribution is 7.10. The first-order valence-corrected chi connectivity index (χ1v) is 6.71. The van der Waals surface area contributed by atoms with E-state index in [9.17, 15) is 0 Å². The van der Waals surface area contributed by atoms with Gasteiger partial charge in [0.1, 0.15) is 0 Å². The van der Waals surface area contributed by atoms with Crippen LogP contribution in [0.4, 0.5) is 0 Å². The molecule has 0 unspecified atom stereocenters. The second-order valence-electron chi connectivity index (χ2n) is 4.39. The van der Waals surface area contributed by atoms with Crippen molar-refractivity contribution in [2.45, 2.75) is 25.2 Å². The van der Waals surface area contributed by atoms with Crippen molar-refractivity contribution in [1.82, 2.24) is 4.98 Å². The van der Waals surface area contributed by atoms with Gasteiger partial charge in [-0.25, -0.2) is 4.98 Å². The van der Waals surface area contributed by atoms with Gasteiger partial charge in [-0.2, -0.15) is 5.26 Å². The van der Waals surface area contributed by atoms with E-state index in [2.05, 4.69) is 16.4 Å². The number of hydrogen-bond donors (Lipinski definition) is 0. The molecule has 0 N–H and O–H groups in total. The summed E-state index contributed by atoms with van der Waals surface area (Å²) in [6, 6.07) is 9.82. The SMILES string of the molecule is N#Cc1cccc(-c2csc(C3CCC3)n2)c1. The molecule has 3 rings (SSSR count). The molecule has 2 nitrogen and oxygen atoms in total. The summed E-state index contributed by atoms with van der Waals surface area (Å²) in [4.78, 5) is 4.69. The number of hydrogen-bond acceptors (Lipinski definition) is 3. The second-order valence-corrected chi connectivity index (χ2v) is 5.28. The van der Waals surface area contributed by atoms with Crippen LogP contribution >= 0.6 is 11.3 Å². The Bertz CT molecular complexity index is 576. The van der Waals surface area contributed by atoms with Gasteiger partial charge in [-0.1, -0.05) is 18.6 Å². The maximum atomic E-state index is 8.88. The van der Waals surface area contributed by atoms with E-state index >= 15 is 0 Å². The van der Waals surface area contributed by atoms with Gasteiger partial charge in [-0.3, -0.25) is 0 Å². The Kier molecular flexibility index (Phi) is 2.66. The van der Waals surface area contributed by atoms with Crippen LogP contribution in [0.25, 0.3) is 11.3 Å². The molecular weight excluding hydrogens is 228 g/mol. The van der Waals surface area contributed by atoms with Gasteiger partial charge in [0, 0.05) is 16.9 Å². The van der Waals surface area contributed by atoms with Crippen LogP contribution in [0.1, 0.15) is 35.8 Å². The molecule has 1 aliphatic rings. The lowest BCUT2D eigenvalue weighted by molar-refractivity contribution is 0.418. The summed E-state index contributed by atoms with van der Waals surface area (Å²) >= 11 is 1.75. The Hall–Kier alpha value is -1.66. The number of nitrogens with zero attached hydrogens (tertiary/aromatic N) is 2. The van der Waals surface area contributed by atoms with Crippen LogP contribution < -0.4 is 0 Å². The van der Waals surface area contributed by atoms with E-state index in [4.69, 9.17) is 5.26 Å². The van der Waals surface area contributed by atoms with Gasteiger partial charge >= 0.3 is 0 Å². The second kappa shape index (κ2) is 4.31. The average molecular weight is 240 g/mol. The quantitative estimate of drug-likeness (QED) is 0.797. The highest BCUT2D eigenvalue weighted by atomic mass is 32.1. The third kappa shape index (κ3) is 1.96. The van der Waals surface area contributed by atoms with Crippen molar-refractivity contribution in [3.63, 3.8) is 0 Å². The molecule has 0 saturated heterocycles. The van der Waals surface area contributed by atoms with Gasteiger partial charge in [0.15, 0.2) is 0 Å². The first-order valence-electron chi connectivity index (χ1n) is 5.83. The minimum absolute atomic E-state index is 0.688. The Labute approximate surface area is 105 Å². The van der Waals surface area contributed by atoms with Gasteiger partial charge in [0.05, 0.1) is 22.3 Å². The molecule has 3 heteroatoms. The molecule has 0 amide bonds. The van der Waals surface area contributed by atoms with Crippen molar-refractivity contribution in [3.8, 4) is 17.3 Å². The van der Waals surface area contributed by atoms with Gasteiger partial charge in [0.2, 0.25) is 0 Å². The number of benzene rings is 1. The maximum absolute atomic E-state index is 8.88. The van der Waals surface area contributed by atoms with Crippen LogP contribution in [0.2, 0.25) is 0 Å². The summed E-state index contributed by atoms with van der Waals surface area (Å²) < 4.78 is 0. The highest BCUT2D eigenvalue weighted by Crippen LogP contribution is 2.39. The number of aromatic nitrogens is 1. The van der Waals surface area contributed by atoms with Gasteiger partial charge in [0.25, 0.3) is 0 Å². The zero-order valence-electron chi connectivity index (χ0n) is 9.39. The number of thiazole rings is 1. The molecule has 1 heterocycles. The molecule has 0 radical (unpaired) electrons. The van der Waals surface area contributed by atoms with Crippen molar-refractivity contribution in [2.24, 2.45) is 0 Å². The summed E-state index contributed by atoms with van der Waals surface area (Å²) in [6.07, 6.45) is 3.90. The molecular formula is C14H12N2S. The Balaban J connectivity index is 1.92. The molecule has 0 bridgehead atoms. The lowest BCUT2D eigenvalue weighted by atomic mass is 9.86. The number of rotatable bonds is 2. The maximum Gasteiger partial charge on any atom is 0.0991 e. The van der Waals surface area contributed by atoms with Gasteiger partial charge in [-0.05, 0) is 25.0 Å². The minimum Gasteiger partial charge on any atom is -0.241 e. The summed E-state index contributed by atoms with van der Waals surface area (Å²) in [7, 11) is 0. The van der Waals surface area contributed by atoms with Crippen LogP contribution in [0.3, 0.4) is 0 Å². The minimum atomic E-state index is 0.688. The van der Waals surface area contributed by atoms with E-state index in [0.29, 0.717) is 11.5 Å². The Morgan fingerprint density at radius 2 is 2.24 bits per heavy atom. The molecule has 1 fully saturated rings. The molecule has 0 spiro atoms. The van der Waals surface area contributed by atoms with E-state index < -0.39 is 0 Å². The zero-order valence-corrected chi connectivity index (χ0v) is 10.2. The fourth-order valence-corrected chi connectivity index (χ4v) is 3.01. The molecule has 17 heavy (non-hydrogen) atoms. The molecule has 1 aromatic carbocycles. The summed E-state index contributed by atoms with van der Waals surface area (Å²) in [5.41, 5.74) is 2.75. The molecule has 2 aromatic rings. The van der Waals surface area contributed by atoms with Crippen LogP contribution in [0.15, 0.2) is 29.6 Å². The van der Waals surface area contributed by atoms with E-state index in [1.165, 1.54) is 24.3 Å². The van der Waals surface area contributed by atoms with Crippen molar-refractivity contribution in [3.05, 3.63) is 40.2 Å². The summed E-state index contributed by atoms with van der Waals surface area (Å²) in [5, 5.41) is 12.2. The van der Waals surface area contributed by atoms with Gasteiger partial charge < -0.3 is 0 Å². The third-order valence-electron chi connectivity index (χ3n) is 3.26. The molecule has 0 atom stereocenters. The largest absolute Gasteiger partial charge is 0.241 e. The zero-order chi connectivity index (χ0) is 11.7. The lowest BCUT2D eigenvalue weighted by Gasteiger charge is -2.22. The average Bonchev–Trinajstić information content (AvgIpc) is 2.76. The van der Waals surface area contributed by atoms with Crippen LogP contribution in [-0.2, 0) is 0 Å². The monoisotopic (exact) mass is 240 g/mol. The van der Waals surface area contributed by atoms with E-state index in [1.54, 1.807) is 11.3 Å². The topological polar surface area (TPSA) is 36.7 Å². The van der Waals surface area contributed by atoms with Crippen LogP contribution in [0, 0.1) is 11.3 Å². The first kappa shape index (κ1) is 10.5. The highest BCUT2D eigenvalue weighted by Gasteiger charge is 2.22. The summed E-state index contributed by atoms with van der Waals surface area (Å²) in [6.45, 7) is 0. The predicted molar refractivity (Wildman–Crippen MR) is 68.9 cm³/mol. The standard InChI is InChI=1S/C14H12N2S/c15-8-10-3-1-6-12(7-10)13-9-17-14(16-13)11-4-2-5-11/h1,3,6-7,9,11H,2,4-5H2. The van der Waals surface area contributed by atoms with Crippen molar-refractivity contribution >= 4 is 11.3 Å². The third-order valence-corrected chi connectivity index (χ3v) is 4.27. The van der Waals surface area contributed by atoms with Gasteiger partial charge in [-0.15, -0.1) is 11.3 Å². The first-order chi connectivity index (χ1) is 8.36. The molecule has 1 saturated carbocycles. The Morgan fingerprint density at radius 3 is 2.94 bits per heavy atom. The number of nitriles is 1. The molecule has 1 aliphatic carbocycles. The van der Waals surface area contributed by atoms with Crippen LogP contribution in [-0.4, -0.2) is 4.98 Å². The smallest absolute Gasteiger partial charge is 0.0991 e. The van der Waals surface area contributed by atoms with E-state index in [-0.39, 0.29) is 0 Å². The molecule has 1 aromatic heterocycles. The fourth-order valence-electron chi connectivity index (χ4n) is 2.01. The van der Waals surface area contributed by atoms with Crippen molar-refractivity contribution in [2.75, 3.05) is 0 Å².